The molecule has 0 fully saturated rings. The Morgan fingerprint density at radius 2 is 2.07 bits per heavy atom. The van der Waals surface area contributed by atoms with Gasteiger partial charge in [-0.05, 0) is 40.5 Å². The number of methoxy groups -OCH3 is 1. The van der Waals surface area contributed by atoms with Crippen LogP contribution in [0.3, 0.4) is 0 Å². The largest absolute Gasteiger partial charge is 0.496 e. The van der Waals surface area contributed by atoms with Crippen LogP contribution < -0.4 is 9.88 Å². The molecule has 4 nitrogen and oxygen atoms in total. The molecule has 0 aliphatic rings. The number of benzene rings is 1. The maximum atomic E-state index is 11.1. The van der Waals surface area contributed by atoms with Crippen molar-refractivity contribution in [3.8, 4) is 5.75 Å². The predicted molar refractivity (Wildman–Crippen MR) is 62.2 cm³/mol. The molecule has 0 aliphatic heterocycles. The summed E-state index contributed by atoms with van der Waals surface area (Å²) >= 11 is 3.28. The van der Waals surface area contributed by atoms with E-state index in [2.05, 4.69) is 15.9 Å². The van der Waals surface area contributed by atoms with Crippen LogP contribution in [0, 0.1) is 0 Å². The second-order valence-electron chi connectivity index (χ2n) is 3.13. The highest BCUT2D eigenvalue weighted by molar-refractivity contribution is 9.10. The number of nitrogens with two attached hydrogens (primary N) is 1. The Balaban J connectivity index is 3.13. The van der Waals surface area contributed by atoms with E-state index in [9.17, 15) is 8.42 Å². The molecule has 2 N–H and O–H groups in total. The first-order chi connectivity index (χ1) is 6.86. The molecule has 0 spiro atoms. The summed E-state index contributed by atoms with van der Waals surface area (Å²) in [7, 11) is -2.01. The lowest BCUT2D eigenvalue weighted by molar-refractivity contribution is 0.412. The number of halogens is 1. The fourth-order valence-corrected chi connectivity index (χ4v) is 2.21. The van der Waals surface area contributed by atoms with Gasteiger partial charge in [0.15, 0.2) is 0 Å². The van der Waals surface area contributed by atoms with Crippen LogP contribution in [0.25, 0.3) is 0 Å². The van der Waals surface area contributed by atoms with Gasteiger partial charge < -0.3 is 4.74 Å². The maximum absolute atomic E-state index is 11.1. The lowest BCUT2D eigenvalue weighted by Crippen LogP contribution is -2.19. The second kappa shape index (κ2) is 4.51. The summed E-state index contributed by atoms with van der Waals surface area (Å²) in [6.07, 6.45) is 0. The molecule has 0 aromatic heterocycles. The number of sulfonamides is 1. The van der Waals surface area contributed by atoms with Crippen molar-refractivity contribution in [3.63, 3.8) is 0 Å². The van der Waals surface area contributed by atoms with Crippen molar-refractivity contribution in [2.24, 2.45) is 5.14 Å². The molecule has 15 heavy (non-hydrogen) atoms. The third-order valence-corrected chi connectivity index (χ3v) is 4.02. The SMILES string of the molecule is COc1ccc(C(C)S(N)(=O)=O)cc1Br. The minimum Gasteiger partial charge on any atom is -0.496 e. The third-order valence-electron chi connectivity index (χ3n) is 2.14. The average molecular weight is 294 g/mol. The number of hydrogen-bond donors (Lipinski definition) is 1. The summed E-state index contributed by atoms with van der Waals surface area (Å²) in [5.41, 5.74) is 0.630. The summed E-state index contributed by atoms with van der Waals surface area (Å²) in [6.45, 7) is 1.55. The summed E-state index contributed by atoms with van der Waals surface area (Å²) in [5, 5.41) is 4.33. The van der Waals surface area contributed by atoms with Crippen molar-refractivity contribution in [3.05, 3.63) is 28.2 Å². The normalized spacial score (nSPS) is 13.6. The highest BCUT2D eigenvalue weighted by Crippen LogP contribution is 2.29. The molecular weight excluding hydrogens is 282 g/mol. The van der Waals surface area contributed by atoms with Gasteiger partial charge in [-0.2, -0.15) is 0 Å². The molecule has 1 unspecified atom stereocenters. The van der Waals surface area contributed by atoms with Gasteiger partial charge in [0.25, 0.3) is 0 Å². The van der Waals surface area contributed by atoms with Crippen LogP contribution in [0.1, 0.15) is 17.7 Å². The van der Waals surface area contributed by atoms with Crippen LogP contribution in [0.2, 0.25) is 0 Å². The van der Waals surface area contributed by atoms with Crippen LogP contribution in [-0.2, 0) is 10.0 Å². The summed E-state index contributed by atoms with van der Waals surface area (Å²) in [5.74, 6) is 0.653. The van der Waals surface area contributed by atoms with Crippen molar-refractivity contribution < 1.29 is 13.2 Å². The Morgan fingerprint density at radius 3 is 2.47 bits per heavy atom. The van der Waals surface area contributed by atoms with Crippen molar-refractivity contribution in [2.75, 3.05) is 7.11 Å². The van der Waals surface area contributed by atoms with Gasteiger partial charge in [-0.25, -0.2) is 13.6 Å². The van der Waals surface area contributed by atoms with Crippen molar-refractivity contribution in [1.82, 2.24) is 0 Å². The van der Waals surface area contributed by atoms with Crippen molar-refractivity contribution in [2.45, 2.75) is 12.2 Å². The number of hydrogen-bond acceptors (Lipinski definition) is 3. The highest BCUT2D eigenvalue weighted by atomic mass is 79.9. The Hall–Kier alpha value is -0.590. The van der Waals surface area contributed by atoms with E-state index in [-0.39, 0.29) is 0 Å². The Morgan fingerprint density at radius 1 is 1.47 bits per heavy atom. The molecule has 0 radical (unpaired) electrons. The molecule has 0 amide bonds. The van der Waals surface area contributed by atoms with Gasteiger partial charge in [-0.3, -0.25) is 0 Å². The van der Waals surface area contributed by atoms with Gasteiger partial charge in [0, 0.05) is 0 Å². The topological polar surface area (TPSA) is 69.4 Å². The molecule has 0 aliphatic carbocycles. The molecule has 1 aromatic rings. The van der Waals surface area contributed by atoms with Crippen molar-refractivity contribution >= 4 is 26.0 Å². The first-order valence-corrected chi connectivity index (χ1v) is 6.61. The van der Waals surface area contributed by atoms with Crippen LogP contribution in [0.4, 0.5) is 0 Å². The molecule has 0 bridgehead atoms. The number of rotatable bonds is 3. The van der Waals surface area contributed by atoms with Crippen LogP contribution >= 0.6 is 15.9 Å². The predicted octanol–water partition coefficient (Wildman–Crippen LogP) is 1.81. The van der Waals surface area contributed by atoms with Gasteiger partial charge in [-0.1, -0.05) is 6.07 Å². The number of primary sulfonamides is 1. The average Bonchev–Trinajstić information content (AvgIpc) is 2.15. The highest BCUT2D eigenvalue weighted by Gasteiger charge is 2.18. The second-order valence-corrected chi connectivity index (χ2v) is 5.86. The zero-order chi connectivity index (χ0) is 11.6. The molecule has 6 heteroatoms. The van der Waals surface area contributed by atoms with Crippen molar-refractivity contribution in [1.29, 1.82) is 0 Å². The first-order valence-electron chi connectivity index (χ1n) is 4.21. The Labute approximate surface area is 97.6 Å². The molecule has 0 heterocycles. The van der Waals surface area contributed by atoms with Gasteiger partial charge in [0.1, 0.15) is 5.75 Å². The van der Waals surface area contributed by atoms with Crippen LogP contribution in [-0.4, -0.2) is 15.5 Å². The monoisotopic (exact) mass is 293 g/mol. The van der Waals surface area contributed by atoms with E-state index in [1.54, 1.807) is 32.2 Å². The molecule has 1 atom stereocenters. The molecule has 84 valence electrons. The van der Waals surface area contributed by atoms with E-state index in [1.165, 1.54) is 0 Å². The lowest BCUT2D eigenvalue weighted by Gasteiger charge is -2.11. The molecule has 0 saturated heterocycles. The third kappa shape index (κ3) is 2.93. The van der Waals surface area contributed by atoms with Gasteiger partial charge >= 0.3 is 0 Å². The molecule has 1 aromatic carbocycles. The fourth-order valence-electron chi connectivity index (χ4n) is 1.13. The van der Waals surface area contributed by atoms with Gasteiger partial charge in [-0.15, -0.1) is 0 Å². The minimum atomic E-state index is -3.55. The molecular formula is C9H12BrNO3S. The smallest absolute Gasteiger partial charge is 0.215 e. The zero-order valence-electron chi connectivity index (χ0n) is 8.40. The van der Waals surface area contributed by atoms with E-state index < -0.39 is 15.3 Å². The zero-order valence-corrected chi connectivity index (χ0v) is 10.8. The van der Waals surface area contributed by atoms with E-state index in [0.717, 1.165) is 0 Å². The maximum Gasteiger partial charge on any atom is 0.215 e. The standard InChI is InChI=1S/C9H12BrNO3S/c1-6(15(11,12)13)7-3-4-9(14-2)8(10)5-7/h3-6H,1-2H3,(H2,11,12,13). The number of ether oxygens (including phenoxy) is 1. The molecule has 1 rings (SSSR count). The van der Waals surface area contributed by atoms with E-state index >= 15 is 0 Å². The quantitative estimate of drug-likeness (QED) is 0.924. The lowest BCUT2D eigenvalue weighted by atomic mass is 10.1. The summed E-state index contributed by atoms with van der Waals surface area (Å²) in [6, 6.07) is 5.06. The van der Waals surface area contributed by atoms with E-state index in [0.29, 0.717) is 15.8 Å². The van der Waals surface area contributed by atoms with E-state index in [1.807, 2.05) is 0 Å². The minimum absolute atomic E-state index is 0.630. The molecule has 0 saturated carbocycles. The summed E-state index contributed by atoms with van der Waals surface area (Å²) in [4.78, 5) is 0. The van der Waals surface area contributed by atoms with Gasteiger partial charge in [0.2, 0.25) is 10.0 Å². The van der Waals surface area contributed by atoms with Crippen LogP contribution in [0.5, 0.6) is 5.75 Å². The Bertz CT molecular complexity index is 458. The van der Waals surface area contributed by atoms with Crippen LogP contribution in [0.15, 0.2) is 22.7 Å². The Kier molecular flexibility index (Phi) is 3.75. The first kappa shape index (κ1) is 12.5. The van der Waals surface area contributed by atoms with E-state index in [4.69, 9.17) is 9.88 Å². The van der Waals surface area contributed by atoms with Gasteiger partial charge in [0.05, 0.1) is 16.8 Å². The summed E-state index contributed by atoms with van der Waals surface area (Å²) < 4.78 is 28.0. The fraction of sp³-hybridized carbons (Fsp3) is 0.333.